The van der Waals surface area contributed by atoms with Crippen molar-refractivity contribution in [3.63, 3.8) is 0 Å². The van der Waals surface area contributed by atoms with E-state index in [9.17, 15) is 21.6 Å². The standard InChI is InChI=1S/C9H18F3NO2S/c1-7(2)5-16(14,15)8(3)4-13-6-9(10,11)12/h7-8,13H,4-6H2,1-3H3. The Morgan fingerprint density at radius 1 is 1.19 bits per heavy atom. The molecule has 0 aliphatic rings. The molecule has 0 aliphatic heterocycles. The van der Waals surface area contributed by atoms with Gasteiger partial charge in [-0.3, -0.25) is 0 Å². The summed E-state index contributed by atoms with van der Waals surface area (Å²) >= 11 is 0. The monoisotopic (exact) mass is 261 g/mol. The van der Waals surface area contributed by atoms with Gasteiger partial charge in [-0.1, -0.05) is 13.8 Å². The van der Waals surface area contributed by atoms with Crippen LogP contribution < -0.4 is 5.32 Å². The minimum absolute atomic E-state index is 0.00185. The van der Waals surface area contributed by atoms with Gasteiger partial charge >= 0.3 is 6.18 Å². The molecule has 3 nitrogen and oxygen atoms in total. The fourth-order valence-corrected chi connectivity index (χ4v) is 2.80. The summed E-state index contributed by atoms with van der Waals surface area (Å²) in [5, 5.41) is 1.31. The Morgan fingerprint density at radius 3 is 2.06 bits per heavy atom. The van der Waals surface area contributed by atoms with Crippen molar-refractivity contribution in [2.45, 2.75) is 32.2 Å². The summed E-state index contributed by atoms with van der Waals surface area (Å²) in [4.78, 5) is 0. The Bertz CT molecular complexity index is 298. The molecule has 0 fully saturated rings. The number of alkyl halides is 3. The van der Waals surface area contributed by atoms with Crippen molar-refractivity contribution in [3.8, 4) is 0 Å². The van der Waals surface area contributed by atoms with E-state index in [0.717, 1.165) is 0 Å². The Balaban J connectivity index is 4.11. The van der Waals surface area contributed by atoms with Gasteiger partial charge in [-0.25, -0.2) is 8.42 Å². The van der Waals surface area contributed by atoms with Gasteiger partial charge in [0.1, 0.15) is 0 Å². The third kappa shape index (κ3) is 7.05. The maximum absolute atomic E-state index is 11.8. The van der Waals surface area contributed by atoms with Crippen molar-refractivity contribution in [1.29, 1.82) is 0 Å². The molecule has 16 heavy (non-hydrogen) atoms. The molecular weight excluding hydrogens is 243 g/mol. The van der Waals surface area contributed by atoms with Crippen molar-refractivity contribution in [2.24, 2.45) is 5.92 Å². The molecule has 7 heteroatoms. The summed E-state index contributed by atoms with van der Waals surface area (Å²) in [5.74, 6) is -0.0166. The van der Waals surface area contributed by atoms with E-state index in [0.29, 0.717) is 0 Å². The van der Waals surface area contributed by atoms with E-state index in [4.69, 9.17) is 0 Å². The Kier molecular flexibility index (Phi) is 5.75. The van der Waals surface area contributed by atoms with Crippen LogP contribution in [-0.4, -0.2) is 38.7 Å². The van der Waals surface area contributed by atoms with Gasteiger partial charge in [0, 0.05) is 6.54 Å². The molecular formula is C9H18F3NO2S. The predicted molar refractivity (Wildman–Crippen MR) is 57.0 cm³/mol. The molecule has 1 unspecified atom stereocenters. The maximum Gasteiger partial charge on any atom is 0.401 e. The summed E-state index contributed by atoms with van der Waals surface area (Å²) in [7, 11) is -3.31. The van der Waals surface area contributed by atoms with Crippen LogP contribution in [-0.2, 0) is 9.84 Å². The highest BCUT2D eigenvalue weighted by molar-refractivity contribution is 7.92. The number of hydrogen-bond acceptors (Lipinski definition) is 3. The fraction of sp³-hybridized carbons (Fsp3) is 1.00. The smallest absolute Gasteiger partial charge is 0.307 e. The zero-order valence-electron chi connectivity index (χ0n) is 9.63. The van der Waals surface area contributed by atoms with Crippen LogP contribution in [0.5, 0.6) is 0 Å². The van der Waals surface area contributed by atoms with E-state index in [1.807, 2.05) is 0 Å². The molecule has 98 valence electrons. The molecule has 0 aromatic heterocycles. The largest absolute Gasteiger partial charge is 0.401 e. The molecule has 0 aromatic rings. The second kappa shape index (κ2) is 5.86. The first-order valence-corrected chi connectivity index (χ1v) is 6.75. The van der Waals surface area contributed by atoms with E-state index in [2.05, 4.69) is 5.32 Å². The first-order chi connectivity index (χ1) is 7.04. The lowest BCUT2D eigenvalue weighted by Gasteiger charge is -2.16. The van der Waals surface area contributed by atoms with Gasteiger partial charge in [-0.15, -0.1) is 0 Å². The lowest BCUT2D eigenvalue weighted by molar-refractivity contribution is -0.124. The second-order valence-electron chi connectivity index (χ2n) is 4.28. The summed E-state index contributed by atoms with van der Waals surface area (Å²) in [6.07, 6.45) is -4.30. The molecule has 0 saturated carbocycles. The molecule has 0 radical (unpaired) electrons. The number of rotatable bonds is 6. The summed E-state index contributed by atoms with van der Waals surface area (Å²) in [6, 6.07) is 0. The molecule has 0 spiro atoms. The zero-order chi connectivity index (χ0) is 13.0. The van der Waals surface area contributed by atoms with Crippen LogP contribution in [0, 0.1) is 5.92 Å². The van der Waals surface area contributed by atoms with E-state index in [-0.39, 0.29) is 18.2 Å². The number of hydrogen-bond donors (Lipinski definition) is 1. The second-order valence-corrected chi connectivity index (χ2v) is 6.74. The van der Waals surface area contributed by atoms with Crippen LogP contribution in [0.25, 0.3) is 0 Å². The normalized spacial score (nSPS) is 15.4. The fourth-order valence-electron chi connectivity index (χ4n) is 1.17. The highest BCUT2D eigenvalue weighted by Crippen LogP contribution is 2.13. The van der Waals surface area contributed by atoms with Crippen molar-refractivity contribution in [3.05, 3.63) is 0 Å². The SMILES string of the molecule is CC(C)CS(=O)(=O)C(C)CNCC(F)(F)F. The quantitative estimate of drug-likeness (QED) is 0.790. The van der Waals surface area contributed by atoms with Crippen LogP contribution in [0.3, 0.4) is 0 Å². The highest BCUT2D eigenvalue weighted by Gasteiger charge is 2.28. The van der Waals surface area contributed by atoms with Crippen molar-refractivity contribution < 1.29 is 21.6 Å². The first kappa shape index (κ1) is 15.7. The minimum atomic E-state index is -4.30. The molecule has 0 amide bonds. The van der Waals surface area contributed by atoms with Crippen LogP contribution in [0.1, 0.15) is 20.8 Å². The zero-order valence-corrected chi connectivity index (χ0v) is 10.5. The number of nitrogens with one attached hydrogen (secondary N) is 1. The van der Waals surface area contributed by atoms with Gasteiger partial charge in [0.25, 0.3) is 0 Å². The summed E-state index contributed by atoms with van der Waals surface area (Å²) < 4.78 is 58.6. The number of sulfone groups is 1. The Labute approximate surface area is 94.3 Å². The molecule has 0 aliphatic carbocycles. The molecule has 0 aromatic carbocycles. The minimum Gasteiger partial charge on any atom is -0.307 e. The summed E-state index contributed by atoms with van der Waals surface area (Å²) in [6.45, 7) is 3.60. The van der Waals surface area contributed by atoms with Crippen molar-refractivity contribution >= 4 is 9.84 Å². The van der Waals surface area contributed by atoms with Gasteiger partial charge in [-0.05, 0) is 12.8 Å². The average molecular weight is 261 g/mol. The van der Waals surface area contributed by atoms with Crippen molar-refractivity contribution in [2.75, 3.05) is 18.8 Å². The maximum atomic E-state index is 11.8. The van der Waals surface area contributed by atoms with Crippen LogP contribution in [0.4, 0.5) is 13.2 Å². The van der Waals surface area contributed by atoms with Gasteiger partial charge in [0.05, 0.1) is 17.5 Å². The third-order valence-electron chi connectivity index (χ3n) is 1.94. The average Bonchev–Trinajstić information content (AvgIpc) is 1.98. The molecule has 0 rings (SSSR count). The number of halogens is 3. The van der Waals surface area contributed by atoms with Gasteiger partial charge in [-0.2, -0.15) is 13.2 Å². The van der Waals surface area contributed by atoms with Crippen LogP contribution >= 0.6 is 0 Å². The summed E-state index contributed by atoms with van der Waals surface area (Å²) in [5.41, 5.74) is 0. The third-order valence-corrected chi connectivity index (χ3v) is 4.46. The molecule has 0 saturated heterocycles. The van der Waals surface area contributed by atoms with Gasteiger partial charge in [0.2, 0.25) is 0 Å². The molecule has 1 N–H and O–H groups in total. The van der Waals surface area contributed by atoms with Crippen molar-refractivity contribution in [1.82, 2.24) is 5.32 Å². The topological polar surface area (TPSA) is 46.2 Å². The lowest BCUT2D eigenvalue weighted by atomic mass is 10.3. The van der Waals surface area contributed by atoms with E-state index in [1.54, 1.807) is 13.8 Å². The Morgan fingerprint density at radius 2 is 1.69 bits per heavy atom. The van der Waals surface area contributed by atoms with E-state index >= 15 is 0 Å². The van der Waals surface area contributed by atoms with E-state index < -0.39 is 27.8 Å². The molecule has 1 atom stereocenters. The van der Waals surface area contributed by atoms with E-state index in [1.165, 1.54) is 6.92 Å². The van der Waals surface area contributed by atoms with Crippen LogP contribution in [0.15, 0.2) is 0 Å². The lowest BCUT2D eigenvalue weighted by Crippen LogP contribution is -2.38. The Hall–Kier alpha value is -0.300. The van der Waals surface area contributed by atoms with Crippen LogP contribution in [0.2, 0.25) is 0 Å². The first-order valence-electron chi connectivity index (χ1n) is 5.03. The highest BCUT2D eigenvalue weighted by atomic mass is 32.2. The predicted octanol–water partition coefficient (Wildman–Crippen LogP) is 1.60. The van der Waals surface area contributed by atoms with Gasteiger partial charge in [0.15, 0.2) is 9.84 Å². The van der Waals surface area contributed by atoms with Gasteiger partial charge < -0.3 is 5.32 Å². The molecule has 0 heterocycles. The molecule has 0 bridgehead atoms.